The highest BCUT2D eigenvalue weighted by Crippen LogP contribution is 2.29. The largest absolute Gasteiger partial charge is 0.467 e. The van der Waals surface area contributed by atoms with Crippen molar-refractivity contribution in [3.05, 3.63) is 54.1 Å². The zero-order valence-electron chi connectivity index (χ0n) is 26.9. The number of benzene rings is 1. The molecular formula is C33H47N3O8. The molecule has 0 aromatic heterocycles. The monoisotopic (exact) mass is 613 g/mol. The van der Waals surface area contributed by atoms with Gasteiger partial charge in [-0.3, -0.25) is 9.69 Å². The fourth-order valence-electron chi connectivity index (χ4n) is 5.19. The molecule has 0 saturated carbocycles. The van der Waals surface area contributed by atoms with E-state index < -0.39 is 47.9 Å². The smallest absolute Gasteiger partial charge is 0.410 e. The number of fused-ring (bicyclic) bond motifs is 1. The lowest BCUT2D eigenvalue weighted by atomic mass is 9.89. The van der Waals surface area contributed by atoms with Crippen molar-refractivity contribution >= 4 is 30.1 Å². The molecule has 0 unspecified atom stereocenters. The average Bonchev–Trinajstić information content (AvgIpc) is 3.60. The van der Waals surface area contributed by atoms with Crippen molar-refractivity contribution in [3.8, 4) is 0 Å². The van der Waals surface area contributed by atoms with Crippen LogP contribution >= 0.6 is 0 Å². The molecular weight excluding hydrogens is 566 g/mol. The van der Waals surface area contributed by atoms with E-state index in [0.29, 0.717) is 13.1 Å². The summed E-state index contributed by atoms with van der Waals surface area (Å²) in [4.78, 5) is 55.5. The first-order valence-corrected chi connectivity index (χ1v) is 14.9. The van der Waals surface area contributed by atoms with E-state index in [1.165, 1.54) is 12.0 Å². The Morgan fingerprint density at radius 2 is 1.84 bits per heavy atom. The van der Waals surface area contributed by atoms with Gasteiger partial charge < -0.3 is 29.2 Å². The summed E-state index contributed by atoms with van der Waals surface area (Å²) >= 11 is 0. The number of hydrogen-bond acceptors (Lipinski definition) is 8. The number of alkyl carbamates (subject to hydrolysis) is 1. The summed E-state index contributed by atoms with van der Waals surface area (Å²) < 4.78 is 22.1. The van der Waals surface area contributed by atoms with E-state index in [0.717, 1.165) is 29.5 Å². The summed E-state index contributed by atoms with van der Waals surface area (Å²) in [5.74, 6) is -1.22. The van der Waals surface area contributed by atoms with Gasteiger partial charge in [0.05, 0.1) is 39.0 Å². The third kappa shape index (κ3) is 9.32. The van der Waals surface area contributed by atoms with Gasteiger partial charge in [-0.15, -0.1) is 6.58 Å². The van der Waals surface area contributed by atoms with Gasteiger partial charge >= 0.3 is 18.2 Å². The molecule has 0 bridgehead atoms. The fraction of sp³-hybridized carbons (Fsp3) is 0.576. The van der Waals surface area contributed by atoms with Crippen LogP contribution in [0.1, 0.15) is 70.6 Å². The van der Waals surface area contributed by atoms with Crippen molar-refractivity contribution in [2.75, 3.05) is 26.9 Å². The summed E-state index contributed by atoms with van der Waals surface area (Å²) in [5.41, 5.74) is 2.08. The van der Waals surface area contributed by atoms with Crippen LogP contribution in [-0.4, -0.2) is 84.5 Å². The predicted octanol–water partition coefficient (Wildman–Crippen LogP) is 4.83. The Bertz CT molecular complexity index is 1240. The molecule has 3 amide bonds. The van der Waals surface area contributed by atoms with E-state index in [2.05, 4.69) is 18.5 Å². The molecule has 44 heavy (non-hydrogen) atoms. The second-order valence-electron chi connectivity index (χ2n) is 13.0. The van der Waals surface area contributed by atoms with Gasteiger partial charge in [-0.2, -0.15) is 0 Å². The third-order valence-electron chi connectivity index (χ3n) is 7.68. The van der Waals surface area contributed by atoms with Gasteiger partial charge in [-0.25, -0.2) is 14.4 Å². The van der Waals surface area contributed by atoms with Crippen LogP contribution in [0.5, 0.6) is 0 Å². The highest BCUT2D eigenvalue weighted by molar-refractivity contribution is 5.90. The Morgan fingerprint density at radius 1 is 1.11 bits per heavy atom. The molecule has 2 heterocycles. The standard InChI is InChI=1S/C33H47N3O8/c1-9-11-15-33(6,7)21-42-30(39)34-26(20-43-32(3,4)5)28(37)36-18-24(16-27(36)29(38)41-8)44-31(40)35-17-23-14-12-13-22(10-2)25(23)19-35/h9-10,12-14,24,26-27H,1-2,11,15-21H2,3-8H3,(H,34,39)/t24-,26+,27+/m1/s1. The van der Waals surface area contributed by atoms with Crippen LogP contribution < -0.4 is 5.32 Å². The van der Waals surface area contributed by atoms with Crippen molar-refractivity contribution in [1.29, 1.82) is 0 Å². The Kier molecular flexibility index (Phi) is 11.6. The Morgan fingerprint density at radius 3 is 2.48 bits per heavy atom. The van der Waals surface area contributed by atoms with E-state index >= 15 is 0 Å². The molecule has 3 atom stereocenters. The first kappa shape index (κ1) is 34.6. The molecule has 3 rings (SSSR count). The topological polar surface area (TPSA) is 124 Å². The molecule has 1 aromatic rings. The second-order valence-corrected chi connectivity index (χ2v) is 13.0. The number of hydrogen-bond donors (Lipinski definition) is 1. The lowest BCUT2D eigenvalue weighted by Gasteiger charge is -2.30. The van der Waals surface area contributed by atoms with Gasteiger partial charge in [0.2, 0.25) is 5.91 Å². The molecule has 1 aromatic carbocycles. The zero-order valence-corrected chi connectivity index (χ0v) is 26.9. The van der Waals surface area contributed by atoms with Crippen molar-refractivity contribution in [2.45, 2.75) is 90.8 Å². The first-order chi connectivity index (χ1) is 20.7. The Balaban J connectivity index is 1.71. The van der Waals surface area contributed by atoms with Gasteiger partial charge in [0, 0.05) is 13.0 Å². The Hall–Kier alpha value is -3.86. The van der Waals surface area contributed by atoms with Crippen LogP contribution in [0.25, 0.3) is 6.08 Å². The van der Waals surface area contributed by atoms with Gasteiger partial charge in [-0.05, 0) is 55.7 Å². The number of esters is 1. The number of ether oxygens (including phenoxy) is 4. The maximum absolute atomic E-state index is 13.9. The van der Waals surface area contributed by atoms with Gasteiger partial charge in [0.25, 0.3) is 0 Å². The first-order valence-electron chi connectivity index (χ1n) is 14.9. The number of amides is 3. The highest BCUT2D eigenvalue weighted by Gasteiger charge is 2.45. The number of likely N-dealkylation sites (tertiary alicyclic amines) is 1. The van der Waals surface area contributed by atoms with Crippen LogP contribution in [0.2, 0.25) is 0 Å². The molecule has 11 heteroatoms. The van der Waals surface area contributed by atoms with Crippen molar-refractivity contribution < 1.29 is 38.1 Å². The number of carbonyl (C=O) groups is 4. The molecule has 0 spiro atoms. The summed E-state index contributed by atoms with van der Waals surface area (Å²) in [5, 5.41) is 2.62. The fourth-order valence-corrected chi connectivity index (χ4v) is 5.19. The second kappa shape index (κ2) is 14.7. The lowest BCUT2D eigenvalue weighted by molar-refractivity contribution is -0.152. The molecule has 1 saturated heterocycles. The van der Waals surface area contributed by atoms with E-state index in [-0.39, 0.29) is 31.6 Å². The molecule has 2 aliphatic rings. The minimum Gasteiger partial charge on any atom is -0.467 e. The maximum Gasteiger partial charge on any atom is 0.410 e. The number of rotatable bonds is 12. The summed E-state index contributed by atoms with van der Waals surface area (Å²) in [7, 11) is 1.23. The van der Waals surface area contributed by atoms with Crippen molar-refractivity contribution in [1.82, 2.24) is 15.1 Å². The van der Waals surface area contributed by atoms with E-state index in [9.17, 15) is 19.2 Å². The Labute approximate surface area is 260 Å². The summed E-state index contributed by atoms with van der Waals surface area (Å²) in [6.07, 6.45) is 3.06. The molecule has 0 radical (unpaired) electrons. The molecule has 11 nitrogen and oxygen atoms in total. The van der Waals surface area contributed by atoms with Gasteiger partial charge in [0.1, 0.15) is 18.2 Å². The average molecular weight is 614 g/mol. The number of allylic oxidation sites excluding steroid dienone is 1. The molecule has 0 aliphatic carbocycles. The quantitative estimate of drug-likeness (QED) is 0.202. The molecule has 1 N–H and O–H groups in total. The summed E-state index contributed by atoms with van der Waals surface area (Å²) in [6, 6.07) is 3.64. The minimum absolute atomic E-state index is 0.0532. The lowest BCUT2D eigenvalue weighted by Crippen LogP contribution is -2.54. The minimum atomic E-state index is -1.16. The van der Waals surface area contributed by atoms with Gasteiger partial charge in [-0.1, -0.05) is 50.8 Å². The van der Waals surface area contributed by atoms with Crippen molar-refractivity contribution in [2.24, 2.45) is 5.41 Å². The van der Waals surface area contributed by atoms with E-state index in [1.54, 1.807) is 17.1 Å². The van der Waals surface area contributed by atoms with Crippen LogP contribution in [0.3, 0.4) is 0 Å². The highest BCUT2D eigenvalue weighted by atomic mass is 16.6. The molecule has 242 valence electrons. The van der Waals surface area contributed by atoms with Crippen LogP contribution in [0, 0.1) is 5.41 Å². The van der Waals surface area contributed by atoms with E-state index in [1.807, 2.05) is 52.8 Å². The number of methoxy groups -OCH3 is 1. The van der Waals surface area contributed by atoms with Crippen molar-refractivity contribution in [3.63, 3.8) is 0 Å². The number of nitrogens with one attached hydrogen (secondary N) is 1. The number of carbonyl (C=O) groups excluding carboxylic acids is 4. The van der Waals surface area contributed by atoms with Crippen LogP contribution in [0.4, 0.5) is 9.59 Å². The zero-order chi connectivity index (χ0) is 32.7. The van der Waals surface area contributed by atoms with E-state index in [4.69, 9.17) is 18.9 Å². The van der Waals surface area contributed by atoms with Crippen LogP contribution in [-0.2, 0) is 41.6 Å². The third-order valence-corrected chi connectivity index (χ3v) is 7.68. The predicted molar refractivity (Wildman–Crippen MR) is 165 cm³/mol. The SMILES string of the molecule is C=CCCC(C)(C)COC(=O)N[C@@H](COC(C)(C)C)C(=O)N1C[C@H](OC(=O)N2Cc3cccc(C=C)c3C2)C[C@H]1C(=O)OC. The van der Waals surface area contributed by atoms with Crippen LogP contribution in [0.15, 0.2) is 37.4 Å². The van der Waals surface area contributed by atoms with Gasteiger partial charge in [0.15, 0.2) is 0 Å². The molecule has 2 aliphatic heterocycles. The number of nitrogens with zero attached hydrogens (tertiary/aromatic N) is 2. The molecule has 1 fully saturated rings. The maximum atomic E-state index is 13.9. The summed E-state index contributed by atoms with van der Waals surface area (Å²) in [6.45, 7) is 17.7. The normalized spacial score (nSPS) is 18.7.